The maximum absolute atomic E-state index is 10.5. The molecule has 0 amide bonds. The van der Waals surface area contributed by atoms with Crippen LogP contribution in [-0.4, -0.2) is 22.6 Å². The summed E-state index contributed by atoms with van der Waals surface area (Å²) in [6.07, 6.45) is 5.88. The minimum atomic E-state index is -0.815. The fourth-order valence-electron chi connectivity index (χ4n) is 1.74. The van der Waals surface area contributed by atoms with Gasteiger partial charge in [0.25, 0.3) is 0 Å². The zero-order valence-corrected chi connectivity index (χ0v) is 8.39. The van der Waals surface area contributed by atoms with Crippen molar-refractivity contribution < 1.29 is 9.90 Å². The molecule has 0 aromatic carbocycles. The first-order valence-corrected chi connectivity index (χ1v) is 5.12. The number of nitrogens with zero attached hydrogens (tertiary/aromatic N) is 1. The Morgan fingerprint density at radius 2 is 2.47 bits per heavy atom. The highest BCUT2D eigenvalue weighted by atomic mass is 16.4. The molecule has 1 saturated carbocycles. The zero-order valence-electron chi connectivity index (χ0n) is 8.39. The van der Waals surface area contributed by atoms with Gasteiger partial charge in [-0.2, -0.15) is 0 Å². The van der Waals surface area contributed by atoms with Crippen molar-refractivity contribution in [1.29, 1.82) is 0 Å². The molecule has 1 aliphatic carbocycles. The molecule has 0 spiro atoms. The maximum Gasteiger partial charge on any atom is 0.317 e. The van der Waals surface area contributed by atoms with Crippen molar-refractivity contribution in [2.45, 2.75) is 18.9 Å². The van der Waals surface area contributed by atoms with E-state index < -0.39 is 5.97 Å². The van der Waals surface area contributed by atoms with E-state index >= 15 is 0 Å². The molecule has 0 radical (unpaired) electrons. The summed E-state index contributed by atoms with van der Waals surface area (Å²) in [5, 5.41) is 11.7. The molecule has 0 saturated heterocycles. The summed E-state index contributed by atoms with van der Waals surface area (Å²) in [5.74, 6) is -0.238. The van der Waals surface area contributed by atoms with Crippen molar-refractivity contribution in [2.24, 2.45) is 5.92 Å². The molecular weight excluding hydrogens is 192 g/mol. The van der Waals surface area contributed by atoms with Crippen LogP contribution in [0, 0.1) is 5.92 Å². The number of pyridine rings is 1. The first kappa shape index (κ1) is 10.1. The fourth-order valence-corrected chi connectivity index (χ4v) is 1.74. The van der Waals surface area contributed by atoms with Gasteiger partial charge in [-0.3, -0.25) is 15.1 Å². The lowest BCUT2D eigenvalue weighted by atomic mass is 10.0. The van der Waals surface area contributed by atoms with Crippen LogP contribution in [0.25, 0.3) is 0 Å². The van der Waals surface area contributed by atoms with Crippen LogP contribution in [0.5, 0.6) is 0 Å². The van der Waals surface area contributed by atoms with Crippen molar-refractivity contribution in [3.05, 3.63) is 30.1 Å². The van der Waals surface area contributed by atoms with E-state index in [-0.39, 0.29) is 12.6 Å². The van der Waals surface area contributed by atoms with E-state index in [4.69, 9.17) is 5.11 Å². The summed E-state index contributed by atoms with van der Waals surface area (Å²) in [5.41, 5.74) is 1.08. The zero-order chi connectivity index (χ0) is 10.7. The number of hydrogen-bond acceptors (Lipinski definition) is 3. The second-order valence-corrected chi connectivity index (χ2v) is 3.88. The van der Waals surface area contributed by atoms with Gasteiger partial charge >= 0.3 is 5.97 Å². The van der Waals surface area contributed by atoms with E-state index in [1.165, 1.54) is 12.8 Å². The molecule has 4 heteroatoms. The molecule has 1 aliphatic rings. The van der Waals surface area contributed by atoms with Gasteiger partial charge in [-0.25, -0.2) is 0 Å². The van der Waals surface area contributed by atoms with Crippen LogP contribution in [0.15, 0.2) is 24.5 Å². The average Bonchev–Trinajstić information content (AvgIpc) is 3.03. The quantitative estimate of drug-likeness (QED) is 0.760. The van der Waals surface area contributed by atoms with E-state index in [0.29, 0.717) is 5.92 Å². The van der Waals surface area contributed by atoms with Gasteiger partial charge < -0.3 is 5.11 Å². The highest BCUT2D eigenvalue weighted by Crippen LogP contribution is 2.40. The Labute approximate surface area is 88.3 Å². The van der Waals surface area contributed by atoms with Crippen molar-refractivity contribution in [1.82, 2.24) is 10.3 Å². The summed E-state index contributed by atoms with van der Waals surface area (Å²) in [7, 11) is 0. The summed E-state index contributed by atoms with van der Waals surface area (Å²) in [6, 6.07) is 4.02. The minimum Gasteiger partial charge on any atom is -0.480 e. The van der Waals surface area contributed by atoms with Crippen LogP contribution in [0.3, 0.4) is 0 Å². The molecule has 15 heavy (non-hydrogen) atoms. The normalized spacial score (nSPS) is 17.3. The van der Waals surface area contributed by atoms with Gasteiger partial charge in [-0.15, -0.1) is 0 Å². The molecule has 80 valence electrons. The molecule has 2 N–H and O–H groups in total. The molecule has 0 aliphatic heterocycles. The molecule has 1 fully saturated rings. The van der Waals surface area contributed by atoms with Crippen molar-refractivity contribution in [3.8, 4) is 0 Å². The minimum absolute atomic E-state index is 0.00998. The van der Waals surface area contributed by atoms with Gasteiger partial charge in [-0.05, 0) is 30.4 Å². The lowest BCUT2D eigenvalue weighted by Gasteiger charge is -2.16. The third-order valence-electron chi connectivity index (χ3n) is 2.61. The van der Waals surface area contributed by atoms with Crippen LogP contribution >= 0.6 is 0 Å². The third kappa shape index (κ3) is 2.76. The van der Waals surface area contributed by atoms with E-state index in [1.807, 2.05) is 12.1 Å². The summed E-state index contributed by atoms with van der Waals surface area (Å²) in [6.45, 7) is 0.00998. The van der Waals surface area contributed by atoms with Crippen LogP contribution in [0.2, 0.25) is 0 Å². The number of aromatic nitrogens is 1. The van der Waals surface area contributed by atoms with Gasteiger partial charge in [0.1, 0.15) is 0 Å². The van der Waals surface area contributed by atoms with E-state index in [9.17, 15) is 4.79 Å². The van der Waals surface area contributed by atoms with Crippen LogP contribution < -0.4 is 5.32 Å². The van der Waals surface area contributed by atoms with Gasteiger partial charge in [0.05, 0.1) is 6.54 Å². The first-order valence-electron chi connectivity index (χ1n) is 5.12. The van der Waals surface area contributed by atoms with E-state index in [1.54, 1.807) is 12.4 Å². The maximum atomic E-state index is 10.5. The number of hydrogen-bond donors (Lipinski definition) is 2. The number of carboxylic acids is 1. The van der Waals surface area contributed by atoms with Crippen LogP contribution in [0.1, 0.15) is 24.4 Å². The lowest BCUT2D eigenvalue weighted by Crippen LogP contribution is -2.28. The highest BCUT2D eigenvalue weighted by molar-refractivity contribution is 5.69. The molecule has 1 aromatic heterocycles. The molecule has 4 nitrogen and oxygen atoms in total. The molecule has 1 aromatic rings. The Bertz CT molecular complexity index is 336. The SMILES string of the molecule is O=C(O)CNC(c1cccnc1)C1CC1. The van der Waals surface area contributed by atoms with Crippen molar-refractivity contribution in [3.63, 3.8) is 0 Å². The van der Waals surface area contributed by atoms with Crippen molar-refractivity contribution in [2.75, 3.05) is 6.54 Å². The fraction of sp³-hybridized carbons (Fsp3) is 0.455. The first-order chi connectivity index (χ1) is 7.27. The molecular formula is C11H14N2O2. The second kappa shape index (κ2) is 4.40. The smallest absolute Gasteiger partial charge is 0.317 e. The number of aliphatic carboxylic acids is 1. The molecule has 1 atom stereocenters. The van der Waals surface area contributed by atoms with E-state index in [0.717, 1.165) is 5.56 Å². The van der Waals surface area contributed by atoms with Crippen molar-refractivity contribution >= 4 is 5.97 Å². The standard InChI is InChI=1S/C11H14N2O2/c14-10(15)7-13-11(8-3-4-8)9-2-1-5-12-6-9/h1-2,5-6,8,11,13H,3-4,7H2,(H,14,15). The Morgan fingerprint density at radius 3 is 3.00 bits per heavy atom. The predicted octanol–water partition coefficient (Wildman–Crippen LogP) is 1.21. The number of carbonyl (C=O) groups is 1. The van der Waals surface area contributed by atoms with Gasteiger partial charge in [0.2, 0.25) is 0 Å². The number of nitrogens with one attached hydrogen (secondary N) is 1. The summed E-state index contributed by atoms with van der Waals surface area (Å²) in [4.78, 5) is 14.6. The van der Waals surface area contributed by atoms with Gasteiger partial charge in [-0.1, -0.05) is 6.07 Å². The molecule has 1 heterocycles. The predicted molar refractivity (Wildman–Crippen MR) is 55.3 cm³/mol. The van der Waals surface area contributed by atoms with Gasteiger partial charge in [0.15, 0.2) is 0 Å². The Hall–Kier alpha value is -1.42. The van der Waals surface area contributed by atoms with E-state index in [2.05, 4.69) is 10.3 Å². The summed E-state index contributed by atoms with van der Waals surface area (Å²) < 4.78 is 0. The molecule has 2 rings (SSSR count). The second-order valence-electron chi connectivity index (χ2n) is 3.88. The highest BCUT2D eigenvalue weighted by Gasteiger charge is 2.32. The number of carboxylic acid groups (broad SMARTS) is 1. The Balaban J connectivity index is 2.03. The average molecular weight is 206 g/mol. The Kier molecular flexibility index (Phi) is 2.97. The topological polar surface area (TPSA) is 62.2 Å². The lowest BCUT2D eigenvalue weighted by molar-refractivity contribution is -0.136. The Morgan fingerprint density at radius 1 is 1.67 bits per heavy atom. The monoisotopic (exact) mass is 206 g/mol. The molecule has 1 unspecified atom stereocenters. The van der Waals surface area contributed by atoms with Crippen LogP contribution in [0.4, 0.5) is 0 Å². The van der Waals surface area contributed by atoms with Gasteiger partial charge in [0, 0.05) is 18.4 Å². The third-order valence-corrected chi connectivity index (χ3v) is 2.61. The van der Waals surface area contributed by atoms with Crippen LogP contribution in [-0.2, 0) is 4.79 Å². The summed E-state index contributed by atoms with van der Waals surface area (Å²) >= 11 is 0. The molecule has 0 bridgehead atoms. The number of rotatable bonds is 5. The largest absolute Gasteiger partial charge is 0.480 e.